The highest BCUT2D eigenvalue weighted by molar-refractivity contribution is 5.97. The third kappa shape index (κ3) is 3.01. The summed E-state index contributed by atoms with van der Waals surface area (Å²) in [4.78, 5) is 22.1. The molecule has 0 saturated carbocycles. The van der Waals surface area contributed by atoms with Gasteiger partial charge in [-0.25, -0.2) is 13.6 Å². The minimum atomic E-state index is -1.54. The van der Waals surface area contributed by atoms with E-state index >= 15 is 0 Å². The molecule has 0 saturated heterocycles. The Hall–Kier alpha value is -2.02. The maximum absolute atomic E-state index is 13.3. The molecule has 0 aromatic heterocycles. The highest BCUT2D eigenvalue weighted by Gasteiger charge is 2.22. The van der Waals surface area contributed by atoms with Gasteiger partial charge in [0, 0.05) is 6.07 Å². The van der Waals surface area contributed by atoms with Crippen LogP contribution in [-0.4, -0.2) is 34.7 Å². The number of benzene rings is 1. The number of hydrogen-bond acceptors (Lipinski definition) is 3. The van der Waals surface area contributed by atoms with Crippen LogP contribution < -0.4 is 5.32 Å². The maximum Gasteiger partial charge on any atom is 0.328 e. The molecule has 0 heterocycles. The van der Waals surface area contributed by atoms with Crippen molar-refractivity contribution in [3.05, 3.63) is 34.9 Å². The van der Waals surface area contributed by atoms with Gasteiger partial charge in [-0.2, -0.15) is 0 Å². The zero-order valence-electron chi connectivity index (χ0n) is 9.41. The summed E-state index contributed by atoms with van der Waals surface area (Å²) < 4.78 is 26.3. The molecule has 98 valence electrons. The van der Waals surface area contributed by atoms with Crippen LogP contribution in [0.1, 0.15) is 15.9 Å². The Balaban J connectivity index is 2.97. The smallest absolute Gasteiger partial charge is 0.328 e. The molecule has 0 bridgehead atoms. The average molecular weight is 259 g/mol. The zero-order valence-corrected chi connectivity index (χ0v) is 9.41. The largest absolute Gasteiger partial charge is 0.480 e. The minimum absolute atomic E-state index is 0.0532. The molecule has 0 unspecified atom stereocenters. The first-order valence-electron chi connectivity index (χ1n) is 4.97. The van der Waals surface area contributed by atoms with E-state index in [1.807, 2.05) is 5.32 Å². The van der Waals surface area contributed by atoms with Crippen molar-refractivity contribution in [3.8, 4) is 0 Å². The molecular weight excluding hydrogens is 248 g/mol. The Kier molecular flexibility index (Phi) is 4.33. The van der Waals surface area contributed by atoms with Gasteiger partial charge < -0.3 is 15.5 Å². The van der Waals surface area contributed by atoms with Crippen LogP contribution in [-0.2, 0) is 4.79 Å². The SMILES string of the molecule is Cc1cc(C(=O)N[C@@H](CO)C(=O)O)c(F)cc1F. The number of carboxylic acid groups (broad SMARTS) is 1. The van der Waals surface area contributed by atoms with Gasteiger partial charge in [-0.05, 0) is 18.6 Å². The summed E-state index contributed by atoms with van der Waals surface area (Å²) in [5.41, 5.74) is -0.425. The highest BCUT2D eigenvalue weighted by Crippen LogP contribution is 2.14. The Bertz CT molecular complexity index is 490. The van der Waals surface area contributed by atoms with E-state index in [9.17, 15) is 18.4 Å². The minimum Gasteiger partial charge on any atom is -0.480 e. The first-order valence-corrected chi connectivity index (χ1v) is 4.97. The lowest BCUT2D eigenvalue weighted by atomic mass is 10.1. The second-order valence-electron chi connectivity index (χ2n) is 3.63. The van der Waals surface area contributed by atoms with E-state index < -0.39 is 41.7 Å². The van der Waals surface area contributed by atoms with E-state index in [4.69, 9.17) is 10.2 Å². The number of aryl methyl sites for hydroxylation is 1. The fourth-order valence-electron chi connectivity index (χ4n) is 1.25. The van der Waals surface area contributed by atoms with Gasteiger partial charge in [-0.1, -0.05) is 0 Å². The molecule has 5 nitrogen and oxygen atoms in total. The van der Waals surface area contributed by atoms with Crippen molar-refractivity contribution in [2.45, 2.75) is 13.0 Å². The summed E-state index contributed by atoms with van der Waals surface area (Å²) in [7, 11) is 0. The molecule has 1 rings (SSSR count). The number of amides is 1. The summed E-state index contributed by atoms with van der Waals surface area (Å²) in [6, 6.07) is -0.0304. The molecule has 18 heavy (non-hydrogen) atoms. The van der Waals surface area contributed by atoms with Gasteiger partial charge in [0.1, 0.15) is 11.6 Å². The van der Waals surface area contributed by atoms with Crippen molar-refractivity contribution in [1.82, 2.24) is 5.32 Å². The van der Waals surface area contributed by atoms with Gasteiger partial charge in [0.05, 0.1) is 12.2 Å². The number of rotatable bonds is 4. The van der Waals surface area contributed by atoms with E-state index in [0.29, 0.717) is 6.07 Å². The Labute approximate surface area is 101 Å². The quantitative estimate of drug-likeness (QED) is 0.732. The number of carbonyl (C=O) groups excluding carboxylic acids is 1. The molecule has 1 atom stereocenters. The van der Waals surface area contributed by atoms with E-state index in [2.05, 4.69) is 0 Å². The lowest BCUT2D eigenvalue weighted by Gasteiger charge is -2.12. The number of carboxylic acids is 1. The van der Waals surface area contributed by atoms with Crippen LogP contribution in [0.4, 0.5) is 8.78 Å². The summed E-state index contributed by atoms with van der Waals surface area (Å²) in [5, 5.41) is 19.2. The molecule has 7 heteroatoms. The Morgan fingerprint density at radius 3 is 2.44 bits per heavy atom. The number of aliphatic carboxylic acids is 1. The number of hydrogen-bond donors (Lipinski definition) is 3. The fourth-order valence-corrected chi connectivity index (χ4v) is 1.25. The molecule has 0 fully saturated rings. The standard InChI is InChI=1S/C11H11F2NO4/c1-5-2-6(8(13)3-7(5)12)10(16)14-9(4-15)11(17)18/h2-3,9,15H,4H2,1H3,(H,14,16)(H,17,18)/t9-/m0/s1. The molecule has 1 amide bonds. The Morgan fingerprint density at radius 2 is 1.94 bits per heavy atom. The molecular formula is C11H11F2NO4. The van der Waals surface area contributed by atoms with Crippen molar-refractivity contribution >= 4 is 11.9 Å². The van der Waals surface area contributed by atoms with Gasteiger partial charge in [0.25, 0.3) is 5.91 Å². The van der Waals surface area contributed by atoms with Gasteiger partial charge >= 0.3 is 5.97 Å². The van der Waals surface area contributed by atoms with Crippen LogP contribution in [0.5, 0.6) is 0 Å². The topological polar surface area (TPSA) is 86.6 Å². The summed E-state index contributed by atoms with van der Waals surface area (Å²) in [5.74, 6) is -4.39. The van der Waals surface area contributed by atoms with Crippen molar-refractivity contribution in [2.24, 2.45) is 0 Å². The molecule has 0 aliphatic rings. The van der Waals surface area contributed by atoms with Crippen molar-refractivity contribution in [2.75, 3.05) is 6.61 Å². The van der Waals surface area contributed by atoms with E-state index in [1.165, 1.54) is 6.92 Å². The van der Waals surface area contributed by atoms with E-state index in [0.717, 1.165) is 6.07 Å². The first-order chi connectivity index (χ1) is 8.36. The molecule has 0 spiro atoms. The third-order valence-electron chi connectivity index (χ3n) is 2.28. The number of halogens is 2. The predicted octanol–water partition coefficient (Wildman–Crippen LogP) is 0.449. The van der Waals surface area contributed by atoms with Crippen LogP contribution in [0.3, 0.4) is 0 Å². The van der Waals surface area contributed by atoms with Crippen LogP contribution in [0.25, 0.3) is 0 Å². The highest BCUT2D eigenvalue weighted by atomic mass is 19.1. The van der Waals surface area contributed by atoms with Crippen LogP contribution >= 0.6 is 0 Å². The summed E-state index contributed by atoms with van der Waals surface area (Å²) in [6.07, 6.45) is 0. The van der Waals surface area contributed by atoms with Crippen molar-refractivity contribution in [1.29, 1.82) is 0 Å². The van der Waals surface area contributed by atoms with Crippen LogP contribution in [0, 0.1) is 18.6 Å². The van der Waals surface area contributed by atoms with Gasteiger partial charge in [-0.3, -0.25) is 4.79 Å². The molecule has 3 N–H and O–H groups in total. The molecule has 0 aliphatic heterocycles. The Morgan fingerprint density at radius 1 is 1.33 bits per heavy atom. The average Bonchev–Trinajstić information content (AvgIpc) is 2.29. The first kappa shape index (κ1) is 14.0. The monoisotopic (exact) mass is 259 g/mol. The third-order valence-corrected chi connectivity index (χ3v) is 2.28. The van der Waals surface area contributed by atoms with Crippen LogP contribution in [0.15, 0.2) is 12.1 Å². The number of nitrogens with one attached hydrogen (secondary N) is 1. The van der Waals surface area contributed by atoms with Crippen LogP contribution in [0.2, 0.25) is 0 Å². The fraction of sp³-hybridized carbons (Fsp3) is 0.273. The maximum atomic E-state index is 13.3. The second kappa shape index (κ2) is 5.54. The van der Waals surface area contributed by atoms with Gasteiger partial charge in [0.15, 0.2) is 6.04 Å². The molecule has 1 aromatic carbocycles. The van der Waals surface area contributed by atoms with Gasteiger partial charge in [-0.15, -0.1) is 0 Å². The number of aliphatic hydroxyl groups is 1. The lowest BCUT2D eigenvalue weighted by Crippen LogP contribution is -2.43. The summed E-state index contributed by atoms with van der Waals surface area (Å²) >= 11 is 0. The zero-order chi connectivity index (χ0) is 13.9. The molecule has 0 aliphatic carbocycles. The molecule has 0 radical (unpaired) electrons. The van der Waals surface area contributed by atoms with Crippen molar-refractivity contribution < 1.29 is 28.6 Å². The summed E-state index contributed by atoms with van der Waals surface area (Å²) in [6.45, 7) is 0.509. The van der Waals surface area contributed by atoms with E-state index in [-0.39, 0.29) is 5.56 Å². The second-order valence-corrected chi connectivity index (χ2v) is 3.63. The molecule has 1 aromatic rings. The predicted molar refractivity (Wildman–Crippen MR) is 57.1 cm³/mol. The number of carbonyl (C=O) groups is 2. The number of aliphatic hydroxyl groups excluding tert-OH is 1. The van der Waals surface area contributed by atoms with Gasteiger partial charge in [0.2, 0.25) is 0 Å². The normalized spacial score (nSPS) is 12.0. The lowest BCUT2D eigenvalue weighted by molar-refractivity contribution is -0.140. The van der Waals surface area contributed by atoms with Crippen molar-refractivity contribution in [3.63, 3.8) is 0 Å². The van der Waals surface area contributed by atoms with E-state index in [1.54, 1.807) is 0 Å².